The maximum atomic E-state index is 13.6. The minimum atomic E-state index is -3.92. The number of amides is 1. The molecule has 4 N–H and O–H groups in total. The molecule has 3 rings (SSSR count). The molecule has 0 spiro atoms. The van der Waals surface area contributed by atoms with Crippen LogP contribution in [0.15, 0.2) is 23.1 Å². The number of rotatable bonds is 13. The molecule has 11 heteroatoms. The number of carbonyl (C=O) groups excluding carboxylic acids is 2. The Hall–Kier alpha value is -1.82. The van der Waals surface area contributed by atoms with Crippen LogP contribution in [0.25, 0.3) is 0 Å². The van der Waals surface area contributed by atoms with Crippen molar-refractivity contribution in [2.75, 3.05) is 49.6 Å². The third-order valence-corrected chi connectivity index (χ3v) is 9.64. The molecule has 1 saturated heterocycles. The number of anilines is 1. The first-order chi connectivity index (χ1) is 17.7. The number of nitrogens with two attached hydrogens (primary N) is 1. The van der Waals surface area contributed by atoms with Crippen molar-refractivity contribution < 1.29 is 22.7 Å². The molecule has 37 heavy (non-hydrogen) atoms. The van der Waals surface area contributed by atoms with Gasteiger partial charge in [0, 0.05) is 32.3 Å². The molecule has 2 aliphatic rings. The number of nitrogens with one attached hydrogen (secondary N) is 2. The van der Waals surface area contributed by atoms with Crippen LogP contribution in [-0.2, 0) is 30.8 Å². The third-order valence-electron chi connectivity index (χ3n) is 6.98. The number of unbranched alkanes of at least 4 members (excludes halogenated alkanes) is 1. The van der Waals surface area contributed by atoms with E-state index in [1.54, 1.807) is 28.8 Å². The number of hydrogen-bond acceptors (Lipinski definition) is 8. The minimum Gasteiger partial charge on any atom is -0.466 e. The lowest BCUT2D eigenvalue weighted by Gasteiger charge is -2.34. The van der Waals surface area contributed by atoms with Crippen LogP contribution in [0.1, 0.15) is 51.5 Å². The summed E-state index contributed by atoms with van der Waals surface area (Å²) in [5.74, 6) is 1.54. The number of ether oxygens (including phenoxy) is 1. The van der Waals surface area contributed by atoms with E-state index in [1.165, 1.54) is 6.92 Å². The predicted octanol–water partition coefficient (Wildman–Crippen LogP) is 2.60. The second-order valence-electron chi connectivity index (χ2n) is 10.1. The summed E-state index contributed by atoms with van der Waals surface area (Å²) < 4.78 is 34.9. The number of nitrogens with zero attached hydrogens (tertiary/aromatic N) is 1. The zero-order valence-electron chi connectivity index (χ0n) is 22.0. The molecule has 1 fully saturated rings. The van der Waals surface area contributed by atoms with E-state index in [-0.39, 0.29) is 16.8 Å². The smallest absolute Gasteiger partial charge is 0.302 e. The number of para-hydroxylation sites is 1. The van der Waals surface area contributed by atoms with Crippen molar-refractivity contribution in [2.45, 2.75) is 63.3 Å². The Balaban J connectivity index is 1.68. The van der Waals surface area contributed by atoms with Crippen LogP contribution in [0.2, 0.25) is 0 Å². The van der Waals surface area contributed by atoms with Gasteiger partial charge in [-0.25, -0.2) is 8.42 Å². The lowest BCUT2D eigenvalue weighted by atomic mass is 9.93. The molecule has 1 aromatic carbocycles. The van der Waals surface area contributed by atoms with Gasteiger partial charge >= 0.3 is 5.97 Å². The monoisotopic (exact) mass is 554 g/mol. The first-order valence-electron chi connectivity index (χ1n) is 13.3. The number of fused-ring (bicyclic) bond motifs is 1. The van der Waals surface area contributed by atoms with Gasteiger partial charge in [-0.3, -0.25) is 9.59 Å². The average Bonchev–Trinajstić information content (AvgIpc) is 2.87. The van der Waals surface area contributed by atoms with Crippen LogP contribution >= 0.6 is 11.8 Å². The molecule has 0 aliphatic carbocycles. The number of thioether (sulfide) groups is 1. The maximum absolute atomic E-state index is 13.6. The van der Waals surface area contributed by atoms with Crippen LogP contribution < -0.4 is 15.8 Å². The SMILES string of the molecule is CC(=O)OCCC1CCN(C(=O)C(CSCCCCN)NS(=O)(=O)c2cccc3c2NC[C@H](C)C3)CC1. The zero-order chi connectivity index (χ0) is 26.8. The summed E-state index contributed by atoms with van der Waals surface area (Å²) in [4.78, 5) is 26.5. The summed E-state index contributed by atoms with van der Waals surface area (Å²) in [5.41, 5.74) is 7.22. The zero-order valence-corrected chi connectivity index (χ0v) is 23.7. The molecule has 0 bridgehead atoms. The molecule has 2 aliphatic heterocycles. The topological polar surface area (TPSA) is 131 Å². The summed E-state index contributed by atoms with van der Waals surface area (Å²) >= 11 is 1.58. The fourth-order valence-electron chi connectivity index (χ4n) is 4.88. The quantitative estimate of drug-likeness (QED) is 0.251. The van der Waals surface area contributed by atoms with Crippen molar-refractivity contribution >= 4 is 39.3 Å². The number of likely N-dealkylation sites (tertiary alicyclic amines) is 1. The molecular formula is C26H42N4O5S2. The van der Waals surface area contributed by atoms with Gasteiger partial charge in [0.1, 0.15) is 10.9 Å². The molecule has 0 radical (unpaired) electrons. The highest BCUT2D eigenvalue weighted by Crippen LogP contribution is 2.31. The molecule has 0 aromatic heterocycles. The van der Waals surface area contributed by atoms with Crippen LogP contribution in [0.4, 0.5) is 5.69 Å². The predicted molar refractivity (Wildman–Crippen MR) is 148 cm³/mol. The van der Waals surface area contributed by atoms with E-state index < -0.39 is 16.1 Å². The van der Waals surface area contributed by atoms with Crippen molar-refractivity contribution in [1.29, 1.82) is 0 Å². The standard InChI is InChI=1S/C26H42N4O5S2/c1-19-16-22-6-5-7-24(25(22)28-17-19)37(33,34)29-23(18-36-15-4-3-11-27)26(32)30-12-8-21(9-13-30)10-14-35-20(2)31/h5-7,19,21,23,28-29H,3-4,8-18,27H2,1-2H3/t19-,23?/m1/s1. The molecule has 2 atom stereocenters. The van der Waals surface area contributed by atoms with Crippen molar-refractivity contribution in [3.63, 3.8) is 0 Å². The van der Waals surface area contributed by atoms with Crippen molar-refractivity contribution in [1.82, 2.24) is 9.62 Å². The number of carbonyl (C=O) groups is 2. The summed E-state index contributed by atoms with van der Waals surface area (Å²) in [6.45, 7) is 6.39. The van der Waals surface area contributed by atoms with E-state index in [2.05, 4.69) is 17.0 Å². The highest BCUT2D eigenvalue weighted by atomic mass is 32.2. The van der Waals surface area contributed by atoms with E-state index in [4.69, 9.17) is 10.5 Å². The van der Waals surface area contributed by atoms with Gasteiger partial charge in [-0.05, 0) is 74.3 Å². The normalized spacial score (nSPS) is 19.1. The fourth-order valence-corrected chi connectivity index (χ4v) is 7.44. The molecule has 1 aromatic rings. The second-order valence-corrected chi connectivity index (χ2v) is 13.0. The summed E-state index contributed by atoms with van der Waals surface area (Å²) in [6.07, 6.45) is 5.04. The summed E-state index contributed by atoms with van der Waals surface area (Å²) in [7, 11) is -3.92. The summed E-state index contributed by atoms with van der Waals surface area (Å²) in [6, 6.07) is 4.49. The Morgan fingerprint density at radius 3 is 2.73 bits per heavy atom. The Morgan fingerprint density at radius 2 is 2.03 bits per heavy atom. The number of piperidine rings is 1. The van der Waals surface area contributed by atoms with E-state index in [9.17, 15) is 18.0 Å². The van der Waals surface area contributed by atoms with Gasteiger partial charge in [0.05, 0.1) is 12.3 Å². The molecular weight excluding hydrogens is 512 g/mol. The van der Waals surface area contributed by atoms with Gasteiger partial charge in [-0.15, -0.1) is 0 Å². The Bertz CT molecular complexity index is 1010. The maximum Gasteiger partial charge on any atom is 0.302 e. The Kier molecular flexibility index (Phi) is 11.5. The molecule has 2 heterocycles. The number of hydrogen-bond donors (Lipinski definition) is 3. The molecule has 208 valence electrons. The van der Waals surface area contributed by atoms with Gasteiger partial charge in [0.2, 0.25) is 15.9 Å². The second kappa shape index (κ2) is 14.4. The van der Waals surface area contributed by atoms with Crippen LogP contribution in [0.3, 0.4) is 0 Å². The van der Waals surface area contributed by atoms with Crippen LogP contribution in [0, 0.1) is 11.8 Å². The van der Waals surface area contributed by atoms with Gasteiger partial charge < -0.3 is 20.7 Å². The molecule has 1 unspecified atom stereocenters. The number of benzene rings is 1. The number of sulfonamides is 1. The molecule has 0 saturated carbocycles. The largest absolute Gasteiger partial charge is 0.466 e. The lowest BCUT2D eigenvalue weighted by Crippen LogP contribution is -2.52. The average molecular weight is 555 g/mol. The minimum absolute atomic E-state index is 0.181. The number of esters is 1. The molecule has 1 amide bonds. The highest BCUT2D eigenvalue weighted by Gasteiger charge is 2.33. The fraction of sp³-hybridized carbons (Fsp3) is 0.692. The van der Waals surface area contributed by atoms with Crippen molar-refractivity contribution in [3.8, 4) is 0 Å². The van der Waals surface area contributed by atoms with Gasteiger partial charge in [-0.1, -0.05) is 19.1 Å². The van der Waals surface area contributed by atoms with E-state index in [0.29, 0.717) is 56.1 Å². The highest BCUT2D eigenvalue weighted by molar-refractivity contribution is 7.99. The van der Waals surface area contributed by atoms with E-state index >= 15 is 0 Å². The van der Waals surface area contributed by atoms with E-state index in [1.807, 2.05) is 6.07 Å². The van der Waals surface area contributed by atoms with E-state index in [0.717, 1.165) is 49.8 Å². The lowest BCUT2D eigenvalue weighted by molar-refractivity contribution is -0.141. The first kappa shape index (κ1) is 29.7. The van der Waals surface area contributed by atoms with Crippen molar-refractivity contribution in [3.05, 3.63) is 23.8 Å². The van der Waals surface area contributed by atoms with Crippen LogP contribution in [-0.4, -0.2) is 75.5 Å². The van der Waals surface area contributed by atoms with Crippen LogP contribution in [0.5, 0.6) is 0 Å². The summed E-state index contributed by atoms with van der Waals surface area (Å²) in [5, 5.41) is 3.28. The Labute approximate surface area is 225 Å². The van der Waals surface area contributed by atoms with Gasteiger partial charge in [-0.2, -0.15) is 16.5 Å². The van der Waals surface area contributed by atoms with Crippen molar-refractivity contribution in [2.24, 2.45) is 17.6 Å². The van der Waals surface area contributed by atoms with Gasteiger partial charge in [0.15, 0.2) is 0 Å². The first-order valence-corrected chi connectivity index (χ1v) is 15.9. The third kappa shape index (κ3) is 8.87. The molecule has 9 nitrogen and oxygen atoms in total. The van der Waals surface area contributed by atoms with Gasteiger partial charge in [0.25, 0.3) is 0 Å². The Morgan fingerprint density at radius 1 is 1.27 bits per heavy atom.